The monoisotopic (exact) mass is 129 g/mol. The molecule has 9 heavy (non-hydrogen) atoms. The van der Waals surface area contributed by atoms with E-state index in [1.807, 2.05) is 0 Å². The van der Waals surface area contributed by atoms with Crippen LogP contribution in [0, 0.1) is 0 Å². The van der Waals surface area contributed by atoms with Gasteiger partial charge in [0.25, 0.3) is 5.91 Å². The number of carbonyl (C=O) groups is 1. The summed E-state index contributed by atoms with van der Waals surface area (Å²) in [5, 5.41) is 2.39. The third-order valence-corrected chi connectivity index (χ3v) is 0.936. The molecule has 1 amide bonds. The van der Waals surface area contributed by atoms with E-state index >= 15 is 0 Å². The molecule has 50 valence electrons. The number of amides is 1. The number of hydrogen-bond acceptors (Lipinski definition) is 3. The molecule has 0 saturated carbocycles. The Morgan fingerprint density at radius 1 is 1.89 bits per heavy atom. The van der Waals surface area contributed by atoms with Gasteiger partial charge in [-0.25, -0.2) is 0 Å². The molecular formula is C5H7NO3. The maximum atomic E-state index is 10.6. The van der Waals surface area contributed by atoms with Crippen molar-refractivity contribution in [1.29, 1.82) is 0 Å². The lowest BCUT2D eigenvalue weighted by atomic mass is 10.4. The molecule has 0 unspecified atom stereocenters. The Bertz CT molecular complexity index is 152. The molecular weight excluding hydrogens is 122 g/mol. The first kappa shape index (κ1) is 6.10. The van der Waals surface area contributed by atoms with Crippen molar-refractivity contribution in [3.05, 3.63) is 11.8 Å². The largest absolute Gasteiger partial charge is 0.352 e. The molecule has 0 aromatic heterocycles. The summed E-state index contributed by atoms with van der Waals surface area (Å²) < 4.78 is 0. The third kappa shape index (κ3) is 1.20. The summed E-state index contributed by atoms with van der Waals surface area (Å²) in [6.07, 6.45) is 1.57. The van der Waals surface area contributed by atoms with Gasteiger partial charge in [0.15, 0.2) is 0 Å². The van der Waals surface area contributed by atoms with Crippen LogP contribution in [-0.2, 0) is 14.6 Å². The van der Waals surface area contributed by atoms with Gasteiger partial charge >= 0.3 is 0 Å². The number of likely N-dealkylation sites (N-methyl/N-ethyl adjacent to an activating group) is 1. The van der Waals surface area contributed by atoms with Crippen molar-refractivity contribution in [2.45, 2.75) is 0 Å². The minimum absolute atomic E-state index is 0.234. The molecule has 1 N–H and O–H groups in total. The van der Waals surface area contributed by atoms with Crippen LogP contribution < -0.4 is 5.32 Å². The third-order valence-electron chi connectivity index (χ3n) is 0.936. The summed E-state index contributed by atoms with van der Waals surface area (Å²) in [6.45, 7) is 0.350. The first-order valence-electron chi connectivity index (χ1n) is 2.56. The lowest BCUT2D eigenvalue weighted by Gasteiger charge is -1.96. The summed E-state index contributed by atoms with van der Waals surface area (Å²) in [5.74, 6) is -0.0231. The second-order valence-electron chi connectivity index (χ2n) is 1.52. The van der Waals surface area contributed by atoms with Crippen molar-refractivity contribution in [1.82, 2.24) is 5.32 Å². The lowest BCUT2D eigenvalue weighted by molar-refractivity contribution is -0.233. The highest BCUT2D eigenvalue weighted by Crippen LogP contribution is 2.04. The van der Waals surface area contributed by atoms with E-state index in [1.54, 1.807) is 6.08 Å². The van der Waals surface area contributed by atoms with E-state index in [9.17, 15) is 4.79 Å². The van der Waals surface area contributed by atoms with Crippen LogP contribution >= 0.6 is 0 Å². The fourth-order valence-corrected chi connectivity index (χ4v) is 0.495. The Hall–Kier alpha value is -1.03. The van der Waals surface area contributed by atoms with Crippen molar-refractivity contribution in [2.24, 2.45) is 0 Å². The second-order valence-corrected chi connectivity index (χ2v) is 1.52. The number of nitrogens with one attached hydrogen (secondary N) is 1. The number of carbonyl (C=O) groups excluding carboxylic acids is 1. The lowest BCUT2D eigenvalue weighted by Crippen LogP contribution is -2.19. The van der Waals surface area contributed by atoms with Gasteiger partial charge in [-0.1, -0.05) is 0 Å². The predicted octanol–water partition coefficient (Wildman–Crippen LogP) is -0.422. The molecule has 1 heterocycles. The van der Waals surface area contributed by atoms with E-state index in [2.05, 4.69) is 15.1 Å². The van der Waals surface area contributed by atoms with Crippen LogP contribution in [0.1, 0.15) is 0 Å². The summed E-state index contributed by atoms with van der Waals surface area (Å²) in [7, 11) is 1.53. The Labute approximate surface area is 52.4 Å². The quantitative estimate of drug-likeness (QED) is 0.489. The minimum Gasteiger partial charge on any atom is -0.352 e. The SMILES string of the molecule is CNC(=O)C1=CCOO1. The predicted molar refractivity (Wildman–Crippen MR) is 29.2 cm³/mol. The van der Waals surface area contributed by atoms with Gasteiger partial charge in [-0.2, -0.15) is 4.89 Å². The summed E-state index contributed by atoms with van der Waals surface area (Å²) in [4.78, 5) is 19.5. The minimum atomic E-state index is -0.257. The molecule has 4 nitrogen and oxygen atoms in total. The molecule has 1 rings (SSSR count). The highest BCUT2D eigenvalue weighted by molar-refractivity contribution is 5.91. The van der Waals surface area contributed by atoms with E-state index in [-0.39, 0.29) is 11.7 Å². The average Bonchev–Trinajstić information content (AvgIpc) is 2.37. The average molecular weight is 129 g/mol. The van der Waals surface area contributed by atoms with Gasteiger partial charge in [0.2, 0.25) is 5.76 Å². The molecule has 0 atom stereocenters. The first-order valence-corrected chi connectivity index (χ1v) is 2.56. The molecule has 4 heteroatoms. The molecule has 0 fully saturated rings. The van der Waals surface area contributed by atoms with E-state index in [1.165, 1.54) is 7.05 Å². The van der Waals surface area contributed by atoms with Gasteiger partial charge in [0, 0.05) is 7.05 Å². The zero-order valence-corrected chi connectivity index (χ0v) is 5.01. The zero-order valence-electron chi connectivity index (χ0n) is 5.01. The van der Waals surface area contributed by atoms with E-state index < -0.39 is 0 Å². The van der Waals surface area contributed by atoms with Crippen LogP contribution in [0.15, 0.2) is 11.8 Å². The van der Waals surface area contributed by atoms with Gasteiger partial charge in [0.1, 0.15) is 6.61 Å². The normalized spacial score (nSPS) is 16.3. The van der Waals surface area contributed by atoms with Gasteiger partial charge in [-0.15, -0.1) is 0 Å². The molecule has 0 radical (unpaired) electrons. The Morgan fingerprint density at radius 3 is 3.11 bits per heavy atom. The van der Waals surface area contributed by atoms with Crippen LogP contribution in [0.3, 0.4) is 0 Å². The fourth-order valence-electron chi connectivity index (χ4n) is 0.495. The maximum absolute atomic E-state index is 10.6. The van der Waals surface area contributed by atoms with E-state index in [0.29, 0.717) is 6.61 Å². The van der Waals surface area contributed by atoms with Crippen molar-refractivity contribution < 1.29 is 14.6 Å². The van der Waals surface area contributed by atoms with Crippen LogP contribution in [0.25, 0.3) is 0 Å². The van der Waals surface area contributed by atoms with Gasteiger partial charge in [-0.05, 0) is 6.08 Å². The van der Waals surface area contributed by atoms with Crippen LogP contribution in [0.5, 0.6) is 0 Å². The van der Waals surface area contributed by atoms with Crippen LogP contribution in [-0.4, -0.2) is 19.6 Å². The topological polar surface area (TPSA) is 47.6 Å². The Kier molecular flexibility index (Phi) is 1.69. The van der Waals surface area contributed by atoms with Gasteiger partial charge in [-0.3, -0.25) is 4.79 Å². The van der Waals surface area contributed by atoms with E-state index in [0.717, 1.165) is 0 Å². The highest BCUT2D eigenvalue weighted by Gasteiger charge is 2.13. The molecule has 1 aliphatic heterocycles. The van der Waals surface area contributed by atoms with E-state index in [4.69, 9.17) is 0 Å². The molecule has 0 aromatic carbocycles. The first-order chi connectivity index (χ1) is 4.34. The van der Waals surface area contributed by atoms with Gasteiger partial charge in [0.05, 0.1) is 0 Å². The summed E-state index contributed by atoms with van der Waals surface area (Å²) in [5.41, 5.74) is 0. The Morgan fingerprint density at radius 2 is 2.67 bits per heavy atom. The fraction of sp³-hybridized carbons (Fsp3) is 0.400. The maximum Gasteiger partial charge on any atom is 0.290 e. The van der Waals surface area contributed by atoms with Crippen molar-refractivity contribution >= 4 is 5.91 Å². The standard InChI is InChI=1S/C5H7NO3/c1-6-5(7)4-2-3-8-9-4/h2H,3H2,1H3,(H,6,7). The molecule has 0 saturated heterocycles. The molecule has 1 aliphatic rings. The van der Waals surface area contributed by atoms with Crippen LogP contribution in [0.4, 0.5) is 0 Å². The molecule has 0 aromatic rings. The van der Waals surface area contributed by atoms with Gasteiger partial charge < -0.3 is 10.2 Å². The van der Waals surface area contributed by atoms with Crippen LogP contribution in [0.2, 0.25) is 0 Å². The summed E-state index contributed by atoms with van der Waals surface area (Å²) >= 11 is 0. The number of rotatable bonds is 1. The second kappa shape index (κ2) is 2.50. The van der Waals surface area contributed by atoms with Crippen molar-refractivity contribution in [2.75, 3.05) is 13.7 Å². The Balaban J connectivity index is 2.51. The molecule has 0 spiro atoms. The molecule has 0 aliphatic carbocycles. The highest BCUT2D eigenvalue weighted by atomic mass is 17.2. The van der Waals surface area contributed by atoms with Crippen molar-refractivity contribution in [3.63, 3.8) is 0 Å². The molecule has 0 bridgehead atoms. The zero-order chi connectivity index (χ0) is 6.69. The summed E-state index contributed by atoms with van der Waals surface area (Å²) in [6, 6.07) is 0. The van der Waals surface area contributed by atoms with Crippen molar-refractivity contribution in [3.8, 4) is 0 Å². The number of hydrogen-bond donors (Lipinski definition) is 1. The smallest absolute Gasteiger partial charge is 0.290 e.